The zero-order chi connectivity index (χ0) is 10.3. The zero-order valence-electron chi connectivity index (χ0n) is 9.72. The number of ether oxygens (including phenoxy) is 1. The standard InChI is InChI=1S/C12H22O/c1-9(2)10-11(3,4)7-8-12(5,6)13-10/h7-10H,1-6H3. The minimum absolute atomic E-state index is 0.0928. The van der Waals surface area contributed by atoms with E-state index in [1.54, 1.807) is 0 Å². The van der Waals surface area contributed by atoms with Crippen LogP contribution < -0.4 is 0 Å². The molecule has 0 saturated heterocycles. The Hall–Kier alpha value is -0.300. The maximum Gasteiger partial charge on any atom is 0.0810 e. The lowest BCUT2D eigenvalue weighted by Gasteiger charge is -2.43. The predicted octanol–water partition coefficient (Wildman–Crippen LogP) is 3.40. The quantitative estimate of drug-likeness (QED) is 0.565. The molecule has 0 aromatic carbocycles. The third-order valence-electron chi connectivity index (χ3n) is 2.68. The molecule has 0 fully saturated rings. The molecule has 0 bridgehead atoms. The minimum Gasteiger partial charge on any atom is -0.367 e. The molecule has 0 saturated carbocycles. The van der Waals surface area contributed by atoms with Gasteiger partial charge in [-0.15, -0.1) is 0 Å². The van der Waals surface area contributed by atoms with E-state index in [0.29, 0.717) is 12.0 Å². The predicted molar refractivity (Wildman–Crippen MR) is 56.7 cm³/mol. The first kappa shape index (κ1) is 10.8. The van der Waals surface area contributed by atoms with Crippen molar-refractivity contribution in [2.24, 2.45) is 11.3 Å². The van der Waals surface area contributed by atoms with Crippen molar-refractivity contribution in [2.45, 2.75) is 53.2 Å². The van der Waals surface area contributed by atoms with Gasteiger partial charge in [0.15, 0.2) is 0 Å². The van der Waals surface area contributed by atoms with Crippen LogP contribution in [-0.4, -0.2) is 11.7 Å². The van der Waals surface area contributed by atoms with Crippen molar-refractivity contribution in [1.29, 1.82) is 0 Å². The van der Waals surface area contributed by atoms with E-state index < -0.39 is 0 Å². The maximum atomic E-state index is 6.06. The highest BCUT2D eigenvalue weighted by molar-refractivity contribution is 5.11. The van der Waals surface area contributed by atoms with E-state index >= 15 is 0 Å². The van der Waals surface area contributed by atoms with Gasteiger partial charge in [-0.2, -0.15) is 0 Å². The van der Waals surface area contributed by atoms with E-state index in [-0.39, 0.29) is 11.0 Å². The summed E-state index contributed by atoms with van der Waals surface area (Å²) in [6, 6.07) is 0. The molecule has 0 spiro atoms. The van der Waals surface area contributed by atoms with Crippen LogP contribution in [0.2, 0.25) is 0 Å². The second kappa shape index (κ2) is 3.13. The largest absolute Gasteiger partial charge is 0.367 e. The lowest BCUT2D eigenvalue weighted by atomic mass is 9.77. The molecule has 0 aliphatic carbocycles. The van der Waals surface area contributed by atoms with E-state index in [2.05, 4.69) is 53.7 Å². The number of hydrogen-bond acceptors (Lipinski definition) is 1. The first-order chi connectivity index (χ1) is 5.75. The summed E-state index contributed by atoms with van der Waals surface area (Å²) in [4.78, 5) is 0. The second-order valence-corrected chi connectivity index (χ2v) is 5.54. The van der Waals surface area contributed by atoms with Crippen LogP contribution in [0.3, 0.4) is 0 Å². The van der Waals surface area contributed by atoms with Gasteiger partial charge in [-0.25, -0.2) is 0 Å². The van der Waals surface area contributed by atoms with Gasteiger partial charge in [0.25, 0.3) is 0 Å². The highest BCUT2D eigenvalue weighted by Crippen LogP contribution is 2.38. The van der Waals surface area contributed by atoms with Crippen molar-refractivity contribution in [2.75, 3.05) is 0 Å². The molecule has 0 aromatic heterocycles. The third kappa shape index (κ3) is 2.34. The van der Waals surface area contributed by atoms with Crippen molar-refractivity contribution < 1.29 is 4.74 Å². The van der Waals surface area contributed by atoms with Gasteiger partial charge in [-0.05, 0) is 19.8 Å². The molecule has 1 atom stereocenters. The van der Waals surface area contributed by atoms with Crippen LogP contribution >= 0.6 is 0 Å². The van der Waals surface area contributed by atoms with Crippen LogP contribution in [0.15, 0.2) is 12.2 Å². The molecule has 13 heavy (non-hydrogen) atoms. The van der Waals surface area contributed by atoms with Gasteiger partial charge in [0.05, 0.1) is 11.7 Å². The van der Waals surface area contributed by atoms with Gasteiger partial charge >= 0.3 is 0 Å². The molecule has 1 aliphatic heterocycles. The van der Waals surface area contributed by atoms with Gasteiger partial charge in [0, 0.05) is 5.41 Å². The molecule has 1 unspecified atom stereocenters. The van der Waals surface area contributed by atoms with E-state index in [1.165, 1.54) is 0 Å². The number of rotatable bonds is 1. The average molecular weight is 182 g/mol. The first-order valence-corrected chi connectivity index (χ1v) is 5.13. The van der Waals surface area contributed by atoms with Gasteiger partial charge < -0.3 is 4.74 Å². The molecule has 1 nitrogen and oxygen atoms in total. The van der Waals surface area contributed by atoms with Gasteiger partial charge in [-0.3, -0.25) is 0 Å². The van der Waals surface area contributed by atoms with Crippen LogP contribution in [-0.2, 0) is 4.74 Å². The highest BCUT2D eigenvalue weighted by atomic mass is 16.5. The molecule has 76 valence electrons. The summed E-state index contributed by atoms with van der Waals surface area (Å²) in [5.41, 5.74) is 0.0775. The SMILES string of the molecule is CC(C)C1OC(C)(C)C=CC1(C)C. The van der Waals surface area contributed by atoms with Crippen molar-refractivity contribution in [3.63, 3.8) is 0 Å². The summed E-state index contributed by atoms with van der Waals surface area (Å²) in [6.45, 7) is 13.2. The Labute approximate surface area is 82.2 Å². The second-order valence-electron chi connectivity index (χ2n) is 5.54. The Balaban J connectivity index is 2.91. The maximum absolute atomic E-state index is 6.06. The molecule has 1 rings (SSSR count). The van der Waals surface area contributed by atoms with Crippen LogP contribution in [0, 0.1) is 11.3 Å². The van der Waals surface area contributed by atoms with E-state index in [0.717, 1.165) is 0 Å². The van der Waals surface area contributed by atoms with Crippen LogP contribution in [0.25, 0.3) is 0 Å². The zero-order valence-corrected chi connectivity index (χ0v) is 9.72. The molecular weight excluding hydrogens is 160 g/mol. The Kier molecular flexibility index (Phi) is 2.59. The summed E-state index contributed by atoms with van der Waals surface area (Å²) in [5, 5.41) is 0. The highest BCUT2D eigenvalue weighted by Gasteiger charge is 2.38. The average Bonchev–Trinajstić information content (AvgIpc) is 1.95. The molecule has 1 heterocycles. The number of hydrogen-bond donors (Lipinski definition) is 0. The monoisotopic (exact) mass is 182 g/mol. The Morgan fingerprint density at radius 1 is 1.08 bits per heavy atom. The fraction of sp³-hybridized carbons (Fsp3) is 0.833. The van der Waals surface area contributed by atoms with Crippen molar-refractivity contribution in [3.8, 4) is 0 Å². The van der Waals surface area contributed by atoms with Crippen molar-refractivity contribution >= 4 is 0 Å². The molecule has 1 aliphatic rings. The summed E-state index contributed by atoms with van der Waals surface area (Å²) >= 11 is 0. The van der Waals surface area contributed by atoms with Gasteiger partial charge in [-0.1, -0.05) is 39.8 Å². The molecule has 1 heteroatoms. The lowest BCUT2D eigenvalue weighted by molar-refractivity contribution is -0.115. The smallest absolute Gasteiger partial charge is 0.0810 e. The Morgan fingerprint density at radius 3 is 2.00 bits per heavy atom. The molecule has 0 N–H and O–H groups in total. The summed E-state index contributed by atoms with van der Waals surface area (Å²) in [6.07, 6.45) is 4.79. The van der Waals surface area contributed by atoms with E-state index in [4.69, 9.17) is 4.74 Å². The normalized spacial score (nSPS) is 30.8. The topological polar surface area (TPSA) is 9.23 Å². The van der Waals surface area contributed by atoms with Gasteiger partial charge in [0.2, 0.25) is 0 Å². The van der Waals surface area contributed by atoms with Crippen LogP contribution in [0.5, 0.6) is 0 Å². The van der Waals surface area contributed by atoms with E-state index in [9.17, 15) is 0 Å². The van der Waals surface area contributed by atoms with Crippen molar-refractivity contribution in [1.82, 2.24) is 0 Å². The van der Waals surface area contributed by atoms with Gasteiger partial charge in [0.1, 0.15) is 0 Å². The third-order valence-corrected chi connectivity index (χ3v) is 2.68. The van der Waals surface area contributed by atoms with E-state index in [1.807, 2.05) is 0 Å². The molecular formula is C12H22O. The molecule has 0 amide bonds. The summed E-state index contributed by atoms with van der Waals surface area (Å²) < 4.78 is 6.06. The van der Waals surface area contributed by atoms with Crippen LogP contribution in [0.4, 0.5) is 0 Å². The molecule has 0 aromatic rings. The fourth-order valence-electron chi connectivity index (χ4n) is 2.02. The molecule has 0 radical (unpaired) electrons. The first-order valence-electron chi connectivity index (χ1n) is 5.13. The Morgan fingerprint density at radius 2 is 1.62 bits per heavy atom. The Bertz CT molecular complexity index is 211. The van der Waals surface area contributed by atoms with Crippen molar-refractivity contribution in [3.05, 3.63) is 12.2 Å². The fourth-order valence-corrected chi connectivity index (χ4v) is 2.02. The lowest BCUT2D eigenvalue weighted by Crippen LogP contribution is -2.44. The summed E-state index contributed by atoms with van der Waals surface area (Å²) in [7, 11) is 0. The van der Waals surface area contributed by atoms with Crippen LogP contribution in [0.1, 0.15) is 41.5 Å². The summed E-state index contributed by atoms with van der Waals surface area (Å²) in [5.74, 6) is 0.569. The minimum atomic E-state index is -0.0928.